The van der Waals surface area contributed by atoms with E-state index in [2.05, 4.69) is 5.32 Å². The van der Waals surface area contributed by atoms with Crippen LogP contribution in [0.1, 0.15) is 37.0 Å². The summed E-state index contributed by atoms with van der Waals surface area (Å²) in [5, 5.41) is 3.91. The minimum atomic E-state index is -0.658. The number of carbonyl (C=O) groups excluding carboxylic acids is 2. The van der Waals surface area contributed by atoms with Crippen LogP contribution in [-0.4, -0.2) is 29.3 Å². The van der Waals surface area contributed by atoms with Crippen molar-refractivity contribution in [1.82, 2.24) is 10.2 Å². The van der Waals surface area contributed by atoms with E-state index in [1.54, 1.807) is 17.0 Å². The van der Waals surface area contributed by atoms with Gasteiger partial charge >= 0.3 is 0 Å². The monoisotopic (exact) mass is 510 g/mol. The molecule has 1 N–H and O–H groups in total. The predicted molar refractivity (Wildman–Crippen MR) is 144 cm³/mol. The molecule has 1 unspecified atom stereocenters. The van der Waals surface area contributed by atoms with Crippen molar-refractivity contribution < 1.29 is 9.59 Å². The molecule has 4 nitrogen and oxygen atoms in total. The summed E-state index contributed by atoms with van der Waals surface area (Å²) >= 11 is 12.4. The Hall–Kier alpha value is -2.82. The molecule has 2 amide bonds. The van der Waals surface area contributed by atoms with Crippen LogP contribution in [0.5, 0.6) is 0 Å². The first kappa shape index (κ1) is 26.8. The molecule has 0 heterocycles. The van der Waals surface area contributed by atoms with E-state index in [1.807, 2.05) is 80.6 Å². The molecule has 3 aromatic rings. The Bertz CT molecular complexity index is 1100. The minimum absolute atomic E-state index is 0.0828. The van der Waals surface area contributed by atoms with Crippen LogP contribution < -0.4 is 5.32 Å². The van der Waals surface area contributed by atoms with Crippen LogP contribution in [0.25, 0.3) is 0 Å². The van der Waals surface area contributed by atoms with E-state index >= 15 is 0 Å². The molecule has 0 aromatic heterocycles. The van der Waals surface area contributed by atoms with Crippen molar-refractivity contribution in [2.45, 2.75) is 45.7 Å². The lowest BCUT2D eigenvalue weighted by molar-refractivity contribution is -0.141. The Balaban J connectivity index is 1.91. The van der Waals surface area contributed by atoms with Gasteiger partial charge in [0.05, 0.1) is 10.0 Å². The highest BCUT2D eigenvalue weighted by molar-refractivity contribution is 6.42. The summed E-state index contributed by atoms with van der Waals surface area (Å²) in [4.78, 5) is 28.8. The van der Waals surface area contributed by atoms with Gasteiger partial charge in [-0.15, -0.1) is 0 Å². The molecular weight excluding hydrogens is 479 g/mol. The second kappa shape index (κ2) is 13.3. The zero-order valence-corrected chi connectivity index (χ0v) is 21.7. The number of halogens is 2. The molecule has 3 rings (SSSR count). The lowest BCUT2D eigenvalue weighted by Gasteiger charge is -2.32. The highest BCUT2D eigenvalue weighted by Gasteiger charge is 2.30. The molecule has 1 atom stereocenters. The second-order valence-corrected chi connectivity index (χ2v) is 9.91. The van der Waals surface area contributed by atoms with E-state index in [1.165, 1.54) is 0 Å². The van der Waals surface area contributed by atoms with Crippen molar-refractivity contribution in [3.8, 4) is 0 Å². The summed E-state index contributed by atoms with van der Waals surface area (Å²) in [6.45, 7) is 4.90. The van der Waals surface area contributed by atoms with Crippen molar-refractivity contribution in [2.24, 2.45) is 5.92 Å². The summed E-state index contributed by atoms with van der Waals surface area (Å²) in [7, 11) is 0. The van der Waals surface area contributed by atoms with Crippen LogP contribution >= 0.6 is 23.2 Å². The summed E-state index contributed by atoms with van der Waals surface area (Å²) in [6.07, 6.45) is 1.32. The van der Waals surface area contributed by atoms with Gasteiger partial charge in [0.15, 0.2) is 0 Å². The van der Waals surface area contributed by atoms with Gasteiger partial charge in [0.25, 0.3) is 0 Å². The summed E-state index contributed by atoms with van der Waals surface area (Å²) in [5.74, 6) is 0.0601. The zero-order valence-electron chi connectivity index (χ0n) is 20.2. The van der Waals surface area contributed by atoms with Gasteiger partial charge in [0.2, 0.25) is 11.8 Å². The molecule has 0 saturated heterocycles. The molecule has 0 saturated carbocycles. The Morgan fingerprint density at radius 3 is 2.06 bits per heavy atom. The lowest BCUT2D eigenvalue weighted by Crippen LogP contribution is -2.51. The first-order valence-electron chi connectivity index (χ1n) is 11.9. The first-order chi connectivity index (χ1) is 16.8. The topological polar surface area (TPSA) is 49.4 Å². The lowest BCUT2D eigenvalue weighted by atomic mass is 10.0. The molecule has 0 aliphatic heterocycles. The van der Waals surface area contributed by atoms with Crippen LogP contribution in [-0.2, 0) is 29.0 Å². The molecule has 0 fully saturated rings. The van der Waals surface area contributed by atoms with Gasteiger partial charge in [-0.1, -0.05) is 104 Å². The fraction of sp³-hybridized carbons (Fsp3) is 0.310. The van der Waals surface area contributed by atoms with E-state index in [9.17, 15) is 9.59 Å². The van der Waals surface area contributed by atoms with Gasteiger partial charge in [0.1, 0.15) is 6.04 Å². The van der Waals surface area contributed by atoms with Crippen molar-refractivity contribution >= 4 is 35.0 Å². The largest absolute Gasteiger partial charge is 0.354 e. The third-order valence-electron chi connectivity index (χ3n) is 5.76. The molecule has 0 spiro atoms. The third-order valence-corrected chi connectivity index (χ3v) is 6.50. The van der Waals surface area contributed by atoms with E-state index in [0.29, 0.717) is 41.8 Å². The van der Waals surface area contributed by atoms with Crippen molar-refractivity contribution in [1.29, 1.82) is 0 Å². The fourth-order valence-electron chi connectivity index (χ4n) is 3.85. The molecule has 3 aromatic carbocycles. The average Bonchev–Trinajstić information content (AvgIpc) is 2.86. The molecule has 6 heteroatoms. The van der Waals surface area contributed by atoms with Crippen LogP contribution in [0.2, 0.25) is 10.0 Å². The Morgan fingerprint density at radius 1 is 0.829 bits per heavy atom. The van der Waals surface area contributed by atoms with E-state index in [0.717, 1.165) is 16.7 Å². The Kier molecular flexibility index (Phi) is 10.2. The quantitative estimate of drug-likeness (QED) is 0.327. The first-order valence-corrected chi connectivity index (χ1v) is 12.7. The van der Waals surface area contributed by atoms with Gasteiger partial charge in [-0.05, 0) is 41.2 Å². The number of rotatable bonds is 11. The number of hydrogen-bond donors (Lipinski definition) is 1. The van der Waals surface area contributed by atoms with Crippen LogP contribution in [0.3, 0.4) is 0 Å². The number of carbonyl (C=O) groups is 2. The average molecular weight is 511 g/mol. The third kappa shape index (κ3) is 8.41. The molecule has 0 aliphatic rings. The maximum Gasteiger partial charge on any atom is 0.243 e. The summed E-state index contributed by atoms with van der Waals surface area (Å²) in [6, 6.07) is 24.3. The number of benzene rings is 3. The highest BCUT2D eigenvalue weighted by Crippen LogP contribution is 2.24. The number of aryl methyl sites for hydroxylation is 1. The van der Waals surface area contributed by atoms with Crippen LogP contribution in [0, 0.1) is 5.92 Å². The van der Waals surface area contributed by atoms with Crippen molar-refractivity contribution in [3.63, 3.8) is 0 Å². The van der Waals surface area contributed by atoms with Gasteiger partial charge < -0.3 is 10.2 Å². The highest BCUT2D eigenvalue weighted by atomic mass is 35.5. The second-order valence-electron chi connectivity index (χ2n) is 9.10. The van der Waals surface area contributed by atoms with Gasteiger partial charge in [0, 0.05) is 25.9 Å². The molecule has 0 radical (unpaired) electrons. The Morgan fingerprint density at radius 2 is 1.46 bits per heavy atom. The molecule has 35 heavy (non-hydrogen) atoms. The minimum Gasteiger partial charge on any atom is -0.354 e. The number of hydrogen-bond acceptors (Lipinski definition) is 2. The van der Waals surface area contributed by atoms with Gasteiger partial charge in [-0.25, -0.2) is 0 Å². The molecule has 184 valence electrons. The number of nitrogens with zero attached hydrogens (tertiary/aromatic N) is 1. The van der Waals surface area contributed by atoms with Gasteiger partial charge in [-0.2, -0.15) is 0 Å². The molecule has 0 aliphatic carbocycles. The zero-order chi connectivity index (χ0) is 25.2. The van der Waals surface area contributed by atoms with Crippen molar-refractivity contribution in [2.75, 3.05) is 6.54 Å². The van der Waals surface area contributed by atoms with E-state index < -0.39 is 6.04 Å². The van der Waals surface area contributed by atoms with Crippen LogP contribution in [0.15, 0.2) is 78.9 Å². The Labute approximate surface area is 218 Å². The maximum atomic E-state index is 13.6. The molecular formula is C29H32Cl2N2O2. The summed E-state index contributed by atoms with van der Waals surface area (Å²) < 4.78 is 0. The van der Waals surface area contributed by atoms with E-state index in [4.69, 9.17) is 23.2 Å². The normalized spacial score (nSPS) is 11.8. The number of nitrogens with one attached hydrogen (secondary N) is 1. The smallest absolute Gasteiger partial charge is 0.243 e. The molecule has 0 bridgehead atoms. The summed E-state index contributed by atoms with van der Waals surface area (Å²) in [5.41, 5.74) is 2.90. The predicted octanol–water partition coefficient (Wildman–Crippen LogP) is 6.34. The maximum absolute atomic E-state index is 13.6. The van der Waals surface area contributed by atoms with Gasteiger partial charge in [-0.3, -0.25) is 9.59 Å². The SMILES string of the molecule is CC(C)CNC(=O)C(Cc1ccccc1)N(Cc1ccc(Cl)c(Cl)c1)C(=O)CCc1ccccc1. The standard InChI is InChI=1S/C29H32Cl2N2O2/c1-21(2)19-32-29(35)27(18-23-11-7-4-8-12-23)33(20-24-13-15-25(30)26(31)17-24)28(34)16-14-22-9-5-3-6-10-22/h3-13,15,17,21,27H,14,16,18-20H2,1-2H3,(H,32,35). The van der Waals surface area contributed by atoms with Crippen LogP contribution in [0.4, 0.5) is 0 Å². The van der Waals surface area contributed by atoms with E-state index in [-0.39, 0.29) is 18.4 Å². The number of amides is 2. The van der Waals surface area contributed by atoms with Crippen molar-refractivity contribution in [3.05, 3.63) is 106 Å². The fourth-order valence-corrected chi connectivity index (χ4v) is 4.17.